The number of methoxy groups -OCH3 is 1. The van der Waals surface area contributed by atoms with Gasteiger partial charge in [0.25, 0.3) is 0 Å². The summed E-state index contributed by atoms with van der Waals surface area (Å²) in [6.07, 6.45) is -1.85. The van der Waals surface area contributed by atoms with Gasteiger partial charge in [0.1, 0.15) is 0 Å². The molecule has 0 heterocycles. The Morgan fingerprint density at radius 3 is 2.62 bits per heavy atom. The number of hydrogen-bond acceptors (Lipinski definition) is 3. The van der Waals surface area contributed by atoms with E-state index in [1.54, 1.807) is 0 Å². The first-order valence-corrected chi connectivity index (χ1v) is 4.07. The van der Waals surface area contributed by atoms with Gasteiger partial charge in [-0.05, 0) is 5.92 Å². The molecule has 0 radical (unpaired) electrons. The second-order valence-corrected chi connectivity index (χ2v) is 3.37. The number of rotatable bonds is 3. The molecule has 1 saturated carbocycles. The fourth-order valence-electron chi connectivity index (χ4n) is 1.40. The number of carbonyl (C=O) groups is 1. The van der Waals surface area contributed by atoms with E-state index in [2.05, 4.69) is 4.74 Å². The molecule has 0 saturated heterocycles. The highest BCUT2D eigenvalue weighted by Gasteiger charge is 2.48. The summed E-state index contributed by atoms with van der Waals surface area (Å²) in [5, 5.41) is 9.27. The molecular weight excluding hydrogens is 182 g/mol. The van der Waals surface area contributed by atoms with Crippen LogP contribution in [-0.4, -0.2) is 30.2 Å². The molecule has 0 amide bonds. The highest BCUT2D eigenvalue weighted by molar-refractivity contribution is 5.69. The lowest BCUT2D eigenvalue weighted by atomic mass is 9.77. The van der Waals surface area contributed by atoms with Crippen molar-refractivity contribution >= 4 is 5.97 Å². The highest BCUT2D eigenvalue weighted by Crippen LogP contribution is 2.44. The summed E-state index contributed by atoms with van der Waals surface area (Å²) in [5.74, 6) is -3.68. The molecule has 0 aromatic rings. The van der Waals surface area contributed by atoms with Crippen molar-refractivity contribution in [2.45, 2.75) is 31.3 Å². The highest BCUT2D eigenvalue weighted by atomic mass is 19.3. The smallest absolute Gasteiger partial charge is 0.308 e. The van der Waals surface area contributed by atoms with Crippen LogP contribution in [0.5, 0.6) is 0 Å². The molecule has 0 aromatic carbocycles. The summed E-state index contributed by atoms with van der Waals surface area (Å²) in [6, 6.07) is 0. The average molecular weight is 194 g/mol. The van der Waals surface area contributed by atoms with E-state index < -0.39 is 23.9 Å². The van der Waals surface area contributed by atoms with Crippen LogP contribution in [0, 0.1) is 5.92 Å². The summed E-state index contributed by atoms with van der Waals surface area (Å²) < 4.78 is 29.0. The van der Waals surface area contributed by atoms with Crippen LogP contribution in [0.2, 0.25) is 0 Å². The number of halogens is 2. The third kappa shape index (κ3) is 2.62. The fourth-order valence-corrected chi connectivity index (χ4v) is 1.40. The number of ether oxygens (including phenoxy) is 1. The summed E-state index contributed by atoms with van der Waals surface area (Å²) in [6.45, 7) is 0. The first-order chi connectivity index (χ1) is 5.94. The molecule has 1 aliphatic carbocycles. The summed E-state index contributed by atoms with van der Waals surface area (Å²) in [7, 11) is 1.20. The van der Waals surface area contributed by atoms with E-state index in [1.807, 2.05) is 0 Å². The summed E-state index contributed by atoms with van der Waals surface area (Å²) in [5.41, 5.74) is 0. The van der Waals surface area contributed by atoms with Gasteiger partial charge >= 0.3 is 5.97 Å². The van der Waals surface area contributed by atoms with Gasteiger partial charge in [-0.15, -0.1) is 0 Å². The number of alkyl halides is 2. The Hall–Kier alpha value is -0.710. The fraction of sp³-hybridized carbons (Fsp3) is 0.875. The van der Waals surface area contributed by atoms with Gasteiger partial charge in [-0.3, -0.25) is 4.79 Å². The van der Waals surface area contributed by atoms with Crippen LogP contribution >= 0.6 is 0 Å². The van der Waals surface area contributed by atoms with Crippen molar-refractivity contribution < 1.29 is 23.4 Å². The van der Waals surface area contributed by atoms with Gasteiger partial charge in [-0.1, -0.05) is 0 Å². The zero-order chi connectivity index (χ0) is 10.1. The maximum atomic E-state index is 12.3. The van der Waals surface area contributed by atoms with Gasteiger partial charge in [0.05, 0.1) is 19.6 Å². The normalized spacial score (nSPS) is 23.4. The standard InChI is InChI=1S/C8H12F2O3/c1-13-7(12)2-6(11)5-3-8(9,10)4-5/h5-6,11H,2-4H2,1H3/t6-/m1/s1. The maximum Gasteiger partial charge on any atom is 0.308 e. The quantitative estimate of drug-likeness (QED) is 0.680. The lowest BCUT2D eigenvalue weighted by Gasteiger charge is -2.37. The van der Waals surface area contributed by atoms with Crippen LogP contribution in [0.4, 0.5) is 8.78 Å². The van der Waals surface area contributed by atoms with Gasteiger partial charge in [0.15, 0.2) is 0 Å². The third-order valence-electron chi connectivity index (χ3n) is 2.27. The monoisotopic (exact) mass is 194 g/mol. The van der Waals surface area contributed by atoms with E-state index in [1.165, 1.54) is 7.11 Å². The molecule has 0 aromatic heterocycles. The molecule has 0 spiro atoms. The van der Waals surface area contributed by atoms with E-state index in [9.17, 15) is 18.7 Å². The lowest BCUT2D eigenvalue weighted by Crippen LogP contribution is -2.42. The van der Waals surface area contributed by atoms with Crippen molar-refractivity contribution in [1.82, 2.24) is 0 Å². The molecule has 1 fully saturated rings. The predicted molar refractivity (Wildman–Crippen MR) is 40.3 cm³/mol. The van der Waals surface area contributed by atoms with Gasteiger partial charge in [-0.2, -0.15) is 0 Å². The minimum Gasteiger partial charge on any atom is -0.469 e. The van der Waals surface area contributed by atoms with Crippen LogP contribution in [0.25, 0.3) is 0 Å². The van der Waals surface area contributed by atoms with Crippen molar-refractivity contribution in [2.75, 3.05) is 7.11 Å². The van der Waals surface area contributed by atoms with E-state index in [-0.39, 0.29) is 19.3 Å². The average Bonchev–Trinajstić information content (AvgIpc) is 1.99. The first kappa shape index (κ1) is 10.4. The summed E-state index contributed by atoms with van der Waals surface area (Å²) >= 11 is 0. The molecular formula is C8H12F2O3. The molecule has 76 valence electrons. The zero-order valence-corrected chi connectivity index (χ0v) is 7.30. The Labute approximate surface area is 74.7 Å². The van der Waals surface area contributed by atoms with E-state index in [0.29, 0.717) is 0 Å². The van der Waals surface area contributed by atoms with Crippen molar-refractivity contribution in [3.8, 4) is 0 Å². The second kappa shape index (κ2) is 3.57. The first-order valence-electron chi connectivity index (χ1n) is 4.07. The van der Waals surface area contributed by atoms with E-state index in [4.69, 9.17) is 0 Å². The van der Waals surface area contributed by atoms with Gasteiger partial charge in [0, 0.05) is 12.8 Å². The van der Waals surface area contributed by atoms with Crippen LogP contribution in [-0.2, 0) is 9.53 Å². The topological polar surface area (TPSA) is 46.5 Å². The number of carbonyl (C=O) groups excluding carboxylic acids is 1. The molecule has 1 aliphatic rings. The number of aliphatic hydroxyl groups is 1. The molecule has 0 bridgehead atoms. The molecule has 1 N–H and O–H groups in total. The Bertz CT molecular complexity index is 198. The predicted octanol–water partition coefficient (Wildman–Crippen LogP) is 0.956. The molecule has 1 atom stereocenters. The summed E-state index contributed by atoms with van der Waals surface area (Å²) in [4.78, 5) is 10.7. The third-order valence-corrected chi connectivity index (χ3v) is 2.27. The van der Waals surface area contributed by atoms with Crippen LogP contribution in [0.3, 0.4) is 0 Å². The van der Waals surface area contributed by atoms with Crippen molar-refractivity contribution in [3.05, 3.63) is 0 Å². The number of esters is 1. The van der Waals surface area contributed by atoms with Crippen LogP contribution in [0.1, 0.15) is 19.3 Å². The van der Waals surface area contributed by atoms with Crippen LogP contribution < -0.4 is 0 Å². The lowest BCUT2D eigenvalue weighted by molar-refractivity contribution is -0.157. The molecule has 5 heteroatoms. The molecule has 0 unspecified atom stereocenters. The minimum atomic E-state index is -2.65. The Morgan fingerprint density at radius 1 is 1.69 bits per heavy atom. The molecule has 1 rings (SSSR count). The van der Waals surface area contributed by atoms with Crippen molar-refractivity contribution in [1.29, 1.82) is 0 Å². The van der Waals surface area contributed by atoms with E-state index in [0.717, 1.165) is 0 Å². The SMILES string of the molecule is COC(=O)C[C@@H](O)C1CC(F)(F)C1. The van der Waals surface area contributed by atoms with Gasteiger partial charge in [-0.25, -0.2) is 8.78 Å². The largest absolute Gasteiger partial charge is 0.469 e. The number of aliphatic hydroxyl groups excluding tert-OH is 1. The second-order valence-electron chi connectivity index (χ2n) is 3.37. The van der Waals surface area contributed by atoms with Gasteiger partial charge < -0.3 is 9.84 Å². The Kier molecular flexibility index (Phi) is 2.85. The maximum absolute atomic E-state index is 12.3. The van der Waals surface area contributed by atoms with Crippen molar-refractivity contribution in [3.63, 3.8) is 0 Å². The molecule has 3 nitrogen and oxygen atoms in total. The van der Waals surface area contributed by atoms with Gasteiger partial charge in [0.2, 0.25) is 5.92 Å². The zero-order valence-electron chi connectivity index (χ0n) is 7.30. The van der Waals surface area contributed by atoms with Crippen molar-refractivity contribution in [2.24, 2.45) is 5.92 Å². The Balaban J connectivity index is 2.27. The van der Waals surface area contributed by atoms with Crippen LogP contribution in [0.15, 0.2) is 0 Å². The van der Waals surface area contributed by atoms with E-state index >= 15 is 0 Å². The molecule has 13 heavy (non-hydrogen) atoms. The molecule has 0 aliphatic heterocycles. The minimum absolute atomic E-state index is 0.197. The Morgan fingerprint density at radius 2 is 2.23 bits per heavy atom. The number of hydrogen-bond donors (Lipinski definition) is 1.